The Morgan fingerprint density at radius 2 is 2.05 bits per heavy atom. The Morgan fingerprint density at radius 1 is 1.29 bits per heavy atom. The van der Waals surface area contributed by atoms with E-state index in [2.05, 4.69) is 22.6 Å². The summed E-state index contributed by atoms with van der Waals surface area (Å²) in [6, 6.07) is 5.47. The number of benzene rings is 1. The third kappa shape index (κ3) is 6.34. The van der Waals surface area contributed by atoms with E-state index in [0.29, 0.717) is 37.7 Å². The van der Waals surface area contributed by atoms with Crippen molar-refractivity contribution in [1.82, 2.24) is 0 Å². The zero-order valence-corrected chi connectivity index (χ0v) is 14.3. The van der Waals surface area contributed by atoms with Gasteiger partial charge >= 0.3 is 5.97 Å². The molecule has 0 saturated heterocycles. The second-order valence-corrected chi connectivity index (χ2v) is 5.14. The topological polar surface area (TPSA) is 65.0 Å². The van der Waals surface area contributed by atoms with Gasteiger partial charge in [-0.15, -0.1) is 0 Å². The van der Waals surface area contributed by atoms with Gasteiger partial charge in [0, 0.05) is 6.61 Å². The van der Waals surface area contributed by atoms with Crippen molar-refractivity contribution in [3.8, 4) is 5.75 Å². The van der Waals surface area contributed by atoms with Crippen molar-refractivity contribution >= 4 is 34.6 Å². The Bertz CT molecular complexity index is 499. The minimum absolute atomic E-state index is 0.0843. The van der Waals surface area contributed by atoms with Crippen molar-refractivity contribution in [2.45, 2.75) is 13.8 Å². The molecule has 0 atom stereocenters. The minimum Gasteiger partial charge on any atom is -0.490 e. The lowest BCUT2D eigenvalue weighted by molar-refractivity contribution is -0.136. The van der Waals surface area contributed by atoms with Crippen LogP contribution in [0.5, 0.6) is 5.75 Å². The average molecular weight is 406 g/mol. The molecule has 0 unspecified atom stereocenters. The van der Waals surface area contributed by atoms with Gasteiger partial charge in [0.25, 0.3) is 0 Å². The summed E-state index contributed by atoms with van der Waals surface area (Å²) in [7, 11) is 0. The van der Waals surface area contributed by atoms with Crippen LogP contribution in [0, 0.1) is 3.57 Å². The Balaban J connectivity index is 2.84. The summed E-state index contributed by atoms with van der Waals surface area (Å²) < 4.78 is 16.9. The van der Waals surface area contributed by atoms with Crippen LogP contribution >= 0.6 is 22.6 Å². The molecule has 1 aromatic carbocycles. The van der Waals surface area contributed by atoms with Gasteiger partial charge in [-0.2, -0.15) is 0 Å². The van der Waals surface area contributed by atoms with Crippen LogP contribution in [0.1, 0.15) is 19.4 Å². The molecule has 0 saturated carbocycles. The normalized spacial score (nSPS) is 11.3. The number of halogens is 1. The molecule has 6 heteroatoms. The van der Waals surface area contributed by atoms with Crippen LogP contribution in [0.2, 0.25) is 0 Å². The first kappa shape index (κ1) is 17.8. The van der Waals surface area contributed by atoms with Crippen LogP contribution < -0.4 is 4.74 Å². The maximum Gasteiger partial charge on any atom is 0.371 e. The molecule has 21 heavy (non-hydrogen) atoms. The fourth-order valence-corrected chi connectivity index (χ4v) is 2.04. The molecule has 0 radical (unpaired) electrons. The summed E-state index contributed by atoms with van der Waals surface area (Å²) in [5, 5.41) is 9.05. The van der Waals surface area contributed by atoms with Gasteiger partial charge in [-0.3, -0.25) is 0 Å². The molecule has 0 aliphatic rings. The highest BCUT2D eigenvalue weighted by molar-refractivity contribution is 14.1. The van der Waals surface area contributed by atoms with Crippen molar-refractivity contribution < 1.29 is 24.1 Å². The average Bonchev–Trinajstić information content (AvgIpc) is 2.46. The summed E-state index contributed by atoms with van der Waals surface area (Å²) in [4.78, 5) is 11.0. The van der Waals surface area contributed by atoms with Crippen LogP contribution in [-0.4, -0.2) is 37.5 Å². The molecule has 0 aromatic heterocycles. The van der Waals surface area contributed by atoms with E-state index in [1.165, 1.54) is 6.08 Å². The molecule has 1 N–H and O–H groups in total. The van der Waals surface area contributed by atoms with Gasteiger partial charge in [-0.25, -0.2) is 4.79 Å². The smallest absolute Gasteiger partial charge is 0.371 e. The van der Waals surface area contributed by atoms with E-state index in [-0.39, 0.29) is 5.76 Å². The molecule has 1 rings (SSSR count). The van der Waals surface area contributed by atoms with E-state index in [0.717, 1.165) is 3.57 Å². The SMILES string of the molecule is CCOCCOc1cc(C=C(OCC)C(=O)O)ccc1I. The highest BCUT2D eigenvalue weighted by Crippen LogP contribution is 2.23. The molecular weight excluding hydrogens is 387 g/mol. The first-order valence-corrected chi connectivity index (χ1v) is 7.74. The summed E-state index contributed by atoms with van der Waals surface area (Å²) >= 11 is 2.17. The maximum absolute atomic E-state index is 11.0. The van der Waals surface area contributed by atoms with Crippen LogP contribution in [0.15, 0.2) is 24.0 Å². The van der Waals surface area contributed by atoms with E-state index in [4.69, 9.17) is 19.3 Å². The third-order valence-corrected chi connectivity index (χ3v) is 3.34. The van der Waals surface area contributed by atoms with Gasteiger partial charge in [0.15, 0.2) is 0 Å². The Hall–Kier alpha value is -1.28. The van der Waals surface area contributed by atoms with Gasteiger partial charge < -0.3 is 19.3 Å². The molecular formula is C15H19IO5. The number of carbonyl (C=O) groups is 1. The first-order valence-electron chi connectivity index (χ1n) is 6.66. The molecule has 1 aromatic rings. The first-order chi connectivity index (χ1) is 10.1. The number of rotatable bonds is 9. The standard InChI is InChI=1S/C15H19IO5/c1-3-19-7-8-21-13-9-11(5-6-12(13)16)10-14(15(17)18)20-4-2/h5-6,9-10H,3-4,7-8H2,1-2H3,(H,17,18). The van der Waals surface area contributed by atoms with E-state index in [1.54, 1.807) is 13.0 Å². The highest BCUT2D eigenvalue weighted by Gasteiger charge is 2.09. The lowest BCUT2D eigenvalue weighted by Gasteiger charge is -2.10. The van der Waals surface area contributed by atoms with Crippen molar-refractivity contribution in [3.63, 3.8) is 0 Å². The fraction of sp³-hybridized carbons (Fsp3) is 0.400. The molecule has 0 fully saturated rings. The van der Waals surface area contributed by atoms with Gasteiger partial charge in [0.05, 0.1) is 16.8 Å². The van der Waals surface area contributed by atoms with E-state index in [1.807, 2.05) is 19.1 Å². The Kier molecular flexibility index (Phi) is 8.14. The van der Waals surface area contributed by atoms with Crippen LogP contribution in [-0.2, 0) is 14.3 Å². The largest absolute Gasteiger partial charge is 0.490 e. The van der Waals surface area contributed by atoms with Crippen molar-refractivity contribution in [3.05, 3.63) is 33.1 Å². The quantitative estimate of drug-likeness (QED) is 0.296. The van der Waals surface area contributed by atoms with E-state index in [9.17, 15) is 4.79 Å². The van der Waals surface area contributed by atoms with E-state index >= 15 is 0 Å². The van der Waals surface area contributed by atoms with Crippen LogP contribution in [0.4, 0.5) is 0 Å². The zero-order valence-electron chi connectivity index (χ0n) is 12.1. The number of ether oxygens (including phenoxy) is 3. The number of carboxylic acid groups (broad SMARTS) is 1. The predicted octanol–water partition coefficient (Wildman–Crippen LogP) is 3.17. The molecule has 0 amide bonds. The Labute approximate surface area is 138 Å². The highest BCUT2D eigenvalue weighted by atomic mass is 127. The van der Waals surface area contributed by atoms with E-state index < -0.39 is 5.97 Å². The molecule has 0 bridgehead atoms. The number of aliphatic carboxylic acids is 1. The zero-order chi connectivity index (χ0) is 15.7. The second kappa shape index (κ2) is 9.62. The molecule has 0 aliphatic carbocycles. The van der Waals surface area contributed by atoms with Gasteiger partial charge in [-0.1, -0.05) is 6.07 Å². The number of hydrogen-bond donors (Lipinski definition) is 1. The van der Waals surface area contributed by atoms with Crippen molar-refractivity contribution in [2.75, 3.05) is 26.4 Å². The summed E-state index contributed by atoms with van der Waals surface area (Å²) in [5.41, 5.74) is 0.715. The third-order valence-electron chi connectivity index (χ3n) is 2.45. The summed E-state index contributed by atoms with van der Waals surface area (Å²) in [6.45, 7) is 5.60. The molecule has 0 heterocycles. The van der Waals surface area contributed by atoms with Gasteiger partial charge in [-0.05, 0) is 60.2 Å². The Morgan fingerprint density at radius 3 is 2.67 bits per heavy atom. The minimum atomic E-state index is -1.09. The van der Waals surface area contributed by atoms with Gasteiger partial charge in [0.2, 0.25) is 5.76 Å². The predicted molar refractivity (Wildman–Crippen MR) is 88.4 cm³/mol. The number of carboxylic acids is 1. The lowest BCUT2D eigenvalue weighted by Crippen LogP contribution is -2.07. The lowest BCUT2D eigenvalue weighted by atomic mass is 10.2. The molecule has 116 valence electrons. The van der Waals surface area contributed by atoms with Crippen LogP contribution in [0.3, 0.4) is 0 Å². The molecule has 0 spiro atoms. The van der Waals surface area contributed by atoms with Crippen LogP contribution in [0.25, 0.3) is 6.08 Å². The van der Waals surface area contributed by atoms with Crippen molar-refractivity contribution in [1.29, 1.82) is 0 Å². The summed E-state index contributed by atoms with van der Waals surface area (Å²) in [5.74, 6) is -0.474. The monoisotopic (exact) mass is 406 g/mol. The second-order valence-electron chi connectivity index (χ2n) is 3.98. The molecule has 0 aliphatic heterocycles. The van der Waals surface area contributed by atoms with Gasteiger partial charge in [0.1, 0.15) is 12.4 Å². The number of hydrogen-bond acceptors (Lipinski definition) is 4. The maximum atomic E-state index is 11.0. The molecule has 5 nitrogen and oxygen atoms in total. The summed E-state index contributed by atoms with van der Waals surface area (Å²) in [6.07, 6.45) is 1.48. The van der Waals surface area contributed by atoms with Crippen molar-refractivity contribution in [2.24, 2.45) is 0 Å². The fourth-order valence-electron chi connectivity index (χ4n) is 1.55.